The molecule has 2 aliphatic rings. The number of hydrogen-bond donors (Lipinski definition) is 0. The fourth-order valence-electron chi connectivity index (χ4n) is 8.59. The highest BCUT2D eigenvalue weighted by atomic mass is 32.2. The molecular formula is C50H43N2S. The molecule has 2 aliphatic heterocycles. The number of hydrogen-bond acceptors (Lipinski definition) is 3. The third kappa shape index (κ3) is 5.32. The van der Waals surface area contributed by atoms with Crippen molar-refractivity contribution in [2.24, 2.45) is 0 Å². The fraction of sp³-hybridized carbons (Fsp3) is 0.140. The second-order valence-corrected chi connectivity index (χ2v) is 15.8. The lowest BCUT2D eigenvalue weighted by Gasteiger charge is -2.46. The van der Waals surface area contributed by atoms with Crippen molar-refractivity contribution in [1.29, 1.82) is 0 Å². The van der Waals surface area contributed by atoms with E-state index in [1.54, 1.807) is 0 Å². The predicted molar refractivity (Wildman–Crippen MR) is 223 cm³/mol. The molecule has 9 rings (SSSR count). The summed E-state index contributed by atoms with van der Waals surface area (Å²) >= 11 is 1.84. The maximum absolute atomic E-state index is 2.73. The van der Waals surface area contributed by atoms with E-state index in [2.05, 4.69) is 213 Å². The van der Waals surface area contributed by atoms with E-state index >= 15 is 0 Å². The predicted octanol–water partition coefficient (Wildman–Crippen LogP) is 13.6. The first-order valence-electron chi connectivity index (χ1n) is 18.8. The van der Waals surface area contributed by atoms with Gasteiger partial charge >= 0.3 is 0 Å². The van der Waals surface area contributed by atoms with Gasteiger partial charge in [-0.05, 0) is 87.2 Å². The quantitative estimate of drug-likeness (QED) is 0.163. The molecule has 0 N–H and O–H groups in total. The van der Waals surface area contributed by atoms with E-state index in [9.17, 15) is 0 Å². The van der Waals surface area contributed by atoms with Crippen molar-refractivity contribution in [1.82, 2.24) is 0 Å². The van der Waals surface area contributed by atoms with Gasteiger partial charge < -0.3 is 9.80 Å². The molecule has 3 heteroatoms. The zero-order valence-corrected chi connectivity index (χ0v) is 31.5. The van der Waals surface area contributed by atoms with Crippen molar-refractivity contribution in [2.75, 3.05) is 9.80 Å². The topological polar surface area (TPSA) is 6.48 Å². The average molecular weight is 704 g/mol. The van der Waals surface area contributed by atoms with Crippen molar-refractivity contribution in [2.45, 2.75) is 54.9 Å². The molecule has 1 radical (unpaired) electrons. The molecular weight excluding hydrogens is 661 g/mol. The average Bonchev–Trinajstić information content (AvgIpc) is 3.52. The highest BCUT2D eigenvalue weighted by molar-refractivity contribution is 7.99. The Bertz CT molecular complexity index is 2290. The van der Waals surface area contributed by atoms with Crippen LogP contribution in [0.5, 0.6) is 0 Å². The number of para-hydroxylation sites is 3. The van der Waals surface area contributed by atoms with Crippen molar-refractivity contribution in [3.63, 3.8) is 0 Å². The molecule has 0 fully saturated rings. The van der Waals surface area contributed by atoms with Crippen LogP contribution in [0.15, 0.2) is 186 Å². The van der Waals surface area contributed by atoms with E-state index in [1.807, 2.05) is 11.8 Å². The van der Waals surface area contributed by atoms with Gasteiger partial charge in [0.2, 0.25) is 0 Å². The summed E-state index contributed by atoms with van der Waals surface area (Å²) in [4.78, 5) is 7.67. The number of benzene rings is 7. The Morgan fingerprint density at radius 1 is 0.472 bits per heavy atom. The number of rotatable bonds is 7. The van der Waals surface area contributed by atoms with Crippen LogP contribution in [0.25, 0.3) is 0 Å². The summed E-state index contributed by atoms with van der Waals surface area (Å²) in [6.45, 7) is 9.33. The number of nitrogens with zero attached hydrogens (tertiary/aromatic N) is 2. The Kier molecular flexibility index (Phi) is 8.48. The van der Waals surface area contributed by atoms with Crippen LogP contribution in [0.1, 0.15) is 78.5 Å². The van der Waals surface area contributed by atoms with Gasteiger partial charge in [0.05, 0.1) is 11.4 Å². The van der Waals surface area contributed by atoms with Gasteiger partial charge in [-0.15, -0.1) is 0 Å². The van der Waals surface area contributed by atoms with Gasteiger partial charge in [-0.2, -0.15) is 0 Å². The number of anilines is 4. The zero-order valence-electron chi connectivity index (χ0n) is 30.7. The second-order valence-electron chi connectivity index (χ2n) is 14.7. The van der Waals surface area contributed by atoms with Crippen molar-refractivity contribution in [3.05, 3.63) is 221 Å². The molecule has 0 saturated heterocycles. The lowest BCUT2D eigenvalue weighted by Crippen LogP contribution is -2.46. The molecule has 259 valence electrons. The van der Waals surface area contributed by atoms with Gasteiger partial charge in [0.1, 0.15) is 11.6 Å². The maximum atomic E-state index is 2.73. The van der Waals surface area contributed by atoms with Gasteiger partial charge in [-0.25, -0.2) is 0 Å². The van der Waals surface area contributed by atoms with Gasteiger partial charge in [0, 0.05) is 21.2 Å². The molecule has 0 bridgehead atoms. The van der Waals surface area contributed by atoms with Crippen LogP contribution < -0.4 is 9.80 Å². The first-order valence-corrected chi connectivity index (χ1v) is 19.6. The van der Waals surface area contributed by atoms with E-state index in [-0.39, 0.29) is 0 Å². The highest BCUT2D eigenvalue weighted by Crippen LogP contribution is 2.59. The van der Waals surface area contributed by atoms with Gasteiger partial charge in [-0.3, -0.25) is 0 Å². The molecule has 7 aromatic carbocycles. The summed E-state index contributed by atoms with van der Waals surface area (Å²) < 4.78 is 0. The van der Waals surface area contributed by atoms with Crippen LogP contribution in [0, 0.1) is 6.04 Å². The van der Waals surface area contributed by atoms with E-state index in [0.717, 1.165) is 5.69 Å². The summed E-state index contributed by atoms with van der Waals surface area (Å²) in [7, 11) is 0. The molecule has 0 amide bonds. The molecule has 53 heavy (non-hydrogen) atoms. The van der Waals surface area contributed by atoms with Crippen LogP contribution in [0.3, 0.4) is 0 Å². The molecule has 2 heterocycles. The third-order valence-corrected chi connectivity index (χ3v) is 12.0. The Labute approximate surface area is 318 Å². The monoisotopic (exact) mass is 703 g/mol. The first kappa shape index (κ1) is 33.3. The fourth-order valence-corrected chi connectivity index (χ4v) is 9.65. The highest BCUT2D eigenvalue weighted by Gasteiger charge is 2.54. The largest absolute Gasteiger partial charge is 0.336 e. The molecule has 0 aliphatic carbocycles. The Balaban J connectivity index is 1.32. The van der Waals surface area contributed by atoms with Crippen molar-refractivity contribution < 1.29 is 0 Å². The minimum absolute atomic E-state index is 0.317. The van der Waals surface area contributed by atoms with E-state index < -0.39 is 5.54 Å². The Morgan fingerprint density at radius 2 is 0.962 bits per heavy atom. The van der Waals surface area contributed by atoms with Crippen LogP contribution in [-0.2, 0) is 5.54 Å². The van der Waals surface area contributed by atoms with E-state index in [4.69, 9.17) is 0 Å². The van der Waals surface area contributed by atoms with Gasteiger partial charge in [0.15, 0.2) is 0 Å². The smallest absolute Gasteiger partial charge is 0.124 e. The summed E-state index contributed by atoms with van der Waals surface area (Å²) in [6, 6.07) is 66.4. The van der Waals surface area contributed by atoms with Crippen LogP contribution in [0.2, 0.25) is 0 Å². The van der Waals surface area contributed by atoms with E-state index in [0.29, 0.717) is 11.8 Å². The van der Waals surface area contributed by atoms with Gasteiger partial charge in [0.25, 0.3) is 0 Å². The molecule has 0 saturated carbocycles. The molecule has 0 aromatic heterocycles. The molecule has 0 atom stereocenters. The lowest BCUT2D eigenvalue weighted by molar-refractivity contribution is 0.613. The zero-order chi connectivity index (χ0) is 36.1. The molecule has 0 unspecified atom stereocenters. The maximum Gasteiger partial charge on any atom is 0.124 e. The molecule has 7 aromatic rings. The molecule has 0 spiro atoms. The third-order valence-electron chi connectivity index (χ3n) is 10.9. The molecule has 2 nitrogen and oxygen atoms in total. The summed E-state index contributed by atoms with van der Waals surface area (Å²) in [5, 5.41) is 0. The number of fused-ring (bicyclic) bond motifs is 3. The minimum atomic E-state index is -0.621. The standard InChI is InChI=1S/C50H43N2S/c1-34(2)40-23-17-24-41(35(3)4)49(40)52-48(42-22-11-12-25-43(42)50(52,37-18-7-5-8-19-37)38-20-9-6-10-21-38)36-30-32-39(33-31-36)51-44-26-13-15-28-46(44)53-47-29-16-14-27-45(47)51/h5-35H,1-4H3. The van der Waals surface area contributed by atoms with Crippen LogP contribution >= 0.6 is 11.8 Å². The summed E-state index contributed by atoms with van der Waals surface area (Å²) in [5.74, 6) is 0.634. The normalized spacial score (nSPS) is 14.7. The Morgan fingerprint density at radius 3 is 1.51 bits per heavy atom. The lowest BCUT2D eigenvalue weighted by atomic mass is 9.76. The van der Waals surface area contributed by atoms with Crippen molar-refractivity contribution >= 4 is 34.5 Å². The van der Waals surface area contributed by atoms with Crippen molar-refractivity contribution in [3.8, 4) is 0 Å². The summed E-state index contributed by atoms with van der Waals surface area (Å²) in [5.41, 5.74) is 13.2. The first-order chi connectivity index (χ1) is 26.0. The van der Waals surface area contributed by atoms with Gasteiger partial charge in [-0.1, -0.05) is 179 Å². The van der Waals surface area contributed by atoms with Crippen LogP contribution in [0.4, 0.5) is 22.7 Å². The van der Waals surface area contributed by atoms with E-state index in [1.165, 1.54) is 71.8 Å². The SMILES string of the molecule is CC(C)c1cccc(C(C)C)c1N1[C](c2ccc(N3c4ccccc4Sc4ccccc43)cc2)c2ccccc2C1(c1ccccc1)c1ccccc1. The second kappa shape index (κ2) is 13.5. The summed E-state index contributed by atoms with van der Waals surface area (Å²) in [6.07, 6.45) is 0. The van der Waals surface area contributed by atoms with Crippen LogP contribution in [-0.4, -0.2) is 0 Å². The Hall–Kier alpha value is -5.51. The minimum Gasteiger partial charge on any atom is -0.336 e.